The van der Waals surface area contributed by atoms with Crippen molar-refractivity contribution < 1.29 is 9.21 Å². The van der Waals surface area contributed by atoms with Crippen molar-refractivity contribution in [2.45, 2.75) is 9.79 Å². The Kier molecular flexibility index (Phi) is 5.48. The number of rotatable bonds is 3. The van der Waals surface area contributed by atoms with Gasteiger partial charge in [0.05, 0.1) is 11.4 Å². The lowest BCUT2D eigenvalue weighted by Crippen LogP contribution is -2.26. The molecular weight excluding hydrogens is 494 g/mol. The van der Waals surface area contributed by atoms with Gasteiger partial charge in [-0.2, -0.15) is 0 Å². The van der Waals surface area contributed by atoms with Crippen molar-refractivity contribution >= 4 is 62.7 Å². The van der Waals surface area contributed by atoms with E-state index in [-0.39, 0.29) is 5.91 Å². The Morgan fingerprint density at radius 2 is 1.71 bits per heavy atom. The summed E-state index contributed by atoms with van der Waals surface area (Å²) in [6.07, 6.45) is 3.22. The van der Waals surface area contributed by atoms with Crippen LogP contribution in [0.5, 0.6) is 0 Å². The molecule has 0 fully saturated rings. The van der Waals surface area contributed by atoms with Gasteiger partial charge >= 0.3 is 0 Å². The maximum Gasteiger partial charge on any atom is 0.255 e. The summed E-state index contributed by atoms with van der Waals surface area (Å²) in [6, 6.07) is 25.1. The molecule has 0 aliphatic carbocycles. The van der Waals surface area contributed by atoms with Gasteiger partial charge in [0.15, 0.2) is 0 Å². The van der Waals surface area contributed by atoms with Crippen molar-refractivity contribution in [3.05, 3.63) is 100 Å². The Morgan fingerprint density at radius 3 is 2.55 bits per heavy atom. The number of nitrogens with zero attached hydrogens (tertiary/aromatic N) is 1. The smallest absolute Gasteiger partial charge is 0.255 e. The molecular formula is C25H15BrClNO2S. The number of amides is 1. The first kappa shape index (κ1) is 20.2. The zero-order valence-electron chi connectivity index (χ0n) is 16.1. The molecule has 0 bridgehead atoms. The predicted octanol–water partition coefficient (Wildman–Crippen LogP) is 8.21. The van der Waals surface area contributed by atoms with Crippen molar-refractivity contribution in [3.63, 3.8) is 0 Å². The van der Waals surface area contributed by atoms with Crippen molar-refractivity contribution in [1.29, 1.82) is 0 Å². The molecule has 3 nitrogen and oxygen atoms in total. The maximum atomic E-state index is 13.3. The lowest BCUT2D eigenvalue weighted by Gasteiger charge is -2.30. The highest BCUT2D eigenvalue weighted by Crippen LogP contribution is 2.48. The van der Waals surface area contributed by atoms with E-state index in [1.54, 1.807) is 22.7 Å². The molecule has 1 aromatic heterocycles. The SMILES string of the molecule is O=C(/C=C/c1ccc(-c2ccc(Br)cc2)o1)N1c2ccccc2Sc2ccc(Cl)cc21. The fraction of sp³-hybridized carbons (Fsp3) is 0. The summed E-state index contributed by atoms with van der Waals surface area (Å²) < 4.78 is 6.92. The summed E-state index contributed by atoms with van der Waals surface area (Å²) in [5.41, 5.74) is 2.59. The number of carbonyl (C=O) groups excluding carboxylic acids is 1. The van der Waals surface area contributed by atoms with Crippen LogP contribution in [0.1, 0.15) is 5.76 Å². The minimum Gasteiger partial charge on any atom is -0.457 e. The highest BCUT2D eigenvalue weighted by Gasteiger charge is 2.27. The Labute approximate surface area is 197 Å². The van der Waals surface area contributed by atoms with Gasteiger partial charge in [0, 0.05) is 30.9 Å². The molecule has 0 spiro atoms. The highest BCUT2D eigenvalue weighted by molar-refractivity contribution is 9.10. The second-order valence-electron chi connectivity index (χ2n) is 6.90. The normalized spacial score (nSPS) is 12.6. The van der Waals surface area contributed by atoms with Gasteiger partial charge in [-0.15, -0.1) is 0 Å². The fourth-order valence-electron chi connectivity index (χ4n) is 3.41. The van der Waals surface area contributed by atoms with Crippen molar-refractivity contribution in [2.75, 3.05) is 4.90 Å². The van der Waals surface area contributed by atoms with E-state index in [0.717, 1.165) is 37.0 Å². The van der Waals surface area contributed by atoms with E-state index in [4.69, 9.17) is 16.0 Å². The van der Waals surface area contributed by atoms with E-state index in [1.807, 2.05) is 78.9 Å². The second kappa shape index (κ2) is 8.42. The van der Waals surface area contributed by atoms with Crippen LogP contribution in [0.3, 0.4) is 0 Å². The van der Waals surface area contributed by atoms with Crippen LogP contribution in [-0.4, -0.2) is 5.91 Å². The van der Waals surface area contributed by atoms with Crippen LogP contribution in [0, 0.1) is 0 Å². The molecule has 31 heavy (non-hydrogen) atoms. The average Bonchev–Trinajstić information content (AvgIpc) is 3.25. The fourth-order valence-corrected chi connectivity index (χ4v) is 4.87. The minimum atomic E-state index is -0.169. The molecule has 1 amide bonds. The van der Waals surface area contributed by atoms with Crippen molar-refractivity contribution in [2.24, 2.45) is 0 Å². The summed E-state index contributed by atoms with van der Waals surface area (Å²) in [6.45, 7) is 0. The van der Waals surface area contributed by atoms with Crippen molar-refractivity contribution in [1.82, 2.24) is 0 Å². The first-order chi connectivity index (χ1) is 15.1. The molecule has 4 aromatic rings. The number of fused-ring (bicyclic) bond motifs is 2. The molecule has 0 saturated heterocycles. The molecule has 1 aliphatic heterocycles. The number of hydrogen-bond acceptors (Lipinski definition) is 3. The lowest BCUT2D eigenvalue weighted by molar-refractivity contribution is -0.113. The molecule has 0 saturated carbocycles. The standard InChI is InChI=1S/C25H15BrClNO2S/c26-17-7-5-16(6-8-17)22-12-10-19(30-22)11-14-25(29)28-20-3-1-2-4-23(20)31-24-13-9-18(27)15-21(24)28/h1-15H/b14-11+. The molecule has 0 N–H and O–H groups in total. The summed E-state index contributed by atoms with van der Waals surface area (Å²) in [7, 11) is 0. The third kappa shape index (κ3) is 4.09. The average molecular weight is 509 g/mol. The van der Waals surface area contributed by atoms with Crippen LogP contribution < -0.4 is 4.90 Å². The Hall–Kier alpha value is -2.73. The Bertz CT molecular complexity index is 1310. The zero-order valence-corrected chi connectivity index (χ0v) is 19.2. The third-order valence-corrected chi connectivity index (χ3v) is 6.75. The van der Waals surface area contributed by atoms with Gasteiger partial charge in [0.25, 0.3) is 5.91 Å². The summed E-state index contributed by atoms with van der Waals surface area (Å²) >= 11 is 11.3. The number of anilines is 2. The van der Waals surface area contributed by atoms with Crippen LogP contribution in [-0.2, 0) is 4.79 Å². The van der Waals surface area contributed by atoms with Gasteiger partial charge in [-0.25, -0.2) is 0 Å². The molecule has 2 heterocycles. The van der Waals surface area contributed by atoms with Gasteiger partial charge < -0.3 is 4.42 Å². The summed E-state index contributed by atoms with van der Waals surface area (Å²) in [5, 5.41) is 0.589. The first-order valence-corrected chi connectivity index (χ1v) is 11.5. The molecule has 0 unspecified atom stereocenters. The van der Waals surface area contributed by atoms with Crippen LogP contribution >= 0.6 is 39.3 Å². The second-order valence-corrected chi connectivity index (χ2v) is 9.33. The van der Waals surface area contributed by atoms with Gasteiger partial charge in [0.1, 0.15) is 11.5 Å². The van der Waals surface area contributed by atoms with Gasteiger partial charge in [-0.3, -0.25) is 9.69 Å². The summed E-state index contributed by atoms with van der Waals surface area (Å²) in [4.78, 5) is 17.0. The molecule has 152 valence electrons. The van der Waals surface area contributed by atoms with Crippen LogP contribution in [0.25, 0.3) is 17.4 Å². The Balaban J connectivity index is 1.45. The number of hydrogen-bond donors (Lipinski definition) is 0. The first-order valence-electron chi connectivity index (χ1n) is 9.53. The number of para-hydroxylation sites is 1. The third-order valence-electron chi connectivity index (χ3n) is 4.85. The van der Waals surface area contributed by atoms with Gasteiger partial charge in [0.2, 0.25) is 0 Å². The van der Waals surface area contributed by atoms with Gasteiger partial charge in [-0.05, 0) is 60.7 Å². The van der Waals surface area contributed by atoms with Crippen LogP contribution in [0.2, 0.25) is 5.02 Å². The van der Waals surface area contributed by atoms with E-state index in [0.29, 0.717) is 10.8 Å². The Morgan fingerprint density at radius 1 is 0.935 bits per heavy atom. The van der Waals surface area contributed by atoms with E-state index < -0.39 is 0 Å². The topological polar surface area (TPSA) is 33.5 Å². The van der Waals surface area contributed by atoms with E-state index >= 15 is 0 Å². The largest absolute Gasteiger partial charge is 0.457 e. The number of furan rings is 1. The number of halogens is 2. The molecule has 6 heteroatoms. The van der Waals surface area contributed by atoms with Gasteiger partial charge in [-0.1, -0.05) is 63.6 Å². The molecule has 5 rings (SSSR count). The quantitative estimate of drug-likeness (QED) is 0.261. The highest BCUT2D eigenvalue weighted by atomic mass is 79.9. The molecule has 0 atom stereocenters. The molecule has 3 aromatic carbocycles. The molecule has 1 aliphatic rings. The van der Waals surface area contributed by atoms with Crippen LogP contribution in [0.15, 0.2) is 104 Å². The minimum absolute atomic E-state index is 0.169. The summed E-state index contributed by atoms with van der Waals surface area (Å²) in [5.74, 6) is 1.19. The maximum absolute atomic E-state index is 13.3. The molecule has 0 radical (unpaired) electrons. The van der Waals surface area contributed by atoms with E-state index in [1.165, 1.54) is 6.08 Å². The lowest BCUT2D eigenvalue weighted by atomic mass is 10.2. The van der Waals surface area contributed by atoms with E-state index in [2.05, 4.69) is 15.9 Å². The van der Waals surface area contributed by atoms with Crippen LogP contribution in [0.4, 0.5) is 11.4 Å². The predicted molar refractivity (Wildman–Crippen MR) is 130 cm³/mol. The number of carbonyl (C=O) groups is 1. The monoisotopic (exact) mass is 507 g/mol. The zero-order chi connectivity index (χ0) is 21.4. The van der Waals surface area contributed by atoms with E-state index in [9.17, 15) is 4.79 Å². The number of benzene rings is 3. The van der Waals surface area contributed by atoms with Crippen molar-refractivity contribution in [3.8, 4) is 11.3 Å².